The molecule has 1 aliphatic heterocycles. The molecule has 0 bridgehead atoms. The molecule has 1 atom stereocenters. The summed E-state index contributed by atoms with van der Waals surface area (Å²) in [6, 6.07) is 6.14. The number of ether oxygens (including phenoxy) is 1. The Morgan fingerprint density at radius 1 is 1.50 bits per heavy atom. The molecule has 1 fully saturated rings. The minimum atomic E-state index is 0. The van der Waals surface area contributed by atoms with Crippen LogP contribution in [0.25, 0.3) is 0 Å². The highest BCUT2D eigenvalue weighted by Crippen LogP contribution is 2.28. The summed E-state index contributed by atoms with van der Waals surface area (Å²) in [7, 11) is 3.56. The van der Waals surface area contributed by atoms with Gasteiger partial charge < -0.3 is 15.0 Å². The lowest BCUT2D eigenvalue weighted by Gasteiger charge is -2.27. The maximum atomic E-state index is 12.4. The third kappa shape index (κ3) is 4.80. The molecule has 124 valence electrons. The predicted octanol–water partition coefficient (Wildman–Crippen LogP) is 2.80. The van der Waals surface area contributed by atoms with E-state index in [1.807, 2.05) is 24.3 Å². The normalized spacial score (nSPS) is 17.5. The van der Waals surface area contributed by atoms with Crippen LogP contribution in [0.2, 0.25) is 0 Å². The van der Waals surface area contributed by atoms with Crippen molar-refractivity contribution in [1.82, 2.24) is 10.2 Å². The van der Waals surface area contributed by atoms with Crippen LogP contribution in [0.3, 0.4) is 0 Å². The van der Waals surface area contributed by atoms with Gasteiger partial charge in [0.15, 0.2) is 0 Å². The molecule has 2 rings (SSSR count). The summed E-state index contributed by atoms with van der Waals surface area (Å²) in [6.07, 6.45) is 4.11. The molecule has 0 spiro atoms. The fourth-order valence-corrected chi connectivity index (χ4v) is 3.25. The van der Waals surface area contributed by atoms with Gasteiger partial charge in [-0.25, -0.2) is 0 Å². The number of carbonyl (C=O) groups excluding carboxylic acids is 1. The summed E-state index contributed by atoms with van der Waals surface area (Å²) in [5, 5.41) is 3.30. The van der Waals surface area contributed by atoms with E-state index in [-0.39, 0.29) is 24.2 Å². The summed E-state index contributed by atoms with van der Waals surface area (Å²) in [5.74, 6) is 1.23. The van der Waals surface area contributed by atoms with Gasteiger partial charge in [0, 0.05) is 25.0 Å². The largest absolute Gasteiger partial charge is 0.496 e. The van der Waals surface area contributed by atoms with Crippen molar-refractivity contribution in [2.75, 3.05) is 33.5 Å². The highest BCUT2D eigenvalue weighted by molar-refractivity contribution is 7.98. The number of halogens is 1. The first kappa shape index (κ1) is 19.1. The van der Waals surface area contributed by atoms with E-state index in [0.717, 1.165) is 42.1 Å². The van der Waals surface area contributed by atoms with Gasteiger partial charge in [-0.1, -0.05) is 6.07 Å². The molecule has 1 aliphatic rings. The fraction of sp³-hybridized carbons (Fsp3) is 0.562. The van der Waals surface area contributed by atoms with E-state index in [9.17, 15) is 4.79 Å². The molecule has 1 saturated heterocycles. The lowest BCUT2D eigenvalue weighted by atomic mass is 9.98. The quantitative estimate of drug-likeness (QED) is 0.834. The summed E-state index contributed by atoms with van der Waals surface area (Å²) < 4.78 is 5.40. The van der Waals surface area contributed by atoms with E-state index in [4.69, 9.17) is 4.74 Å². The van der Waals surface area contributed by atoms with Crippen LogP contribution in [-0.2, 0) is 11.3 Å². The van der Waals surface area contributed by atoms with E-state index in [2.05, 4.69) is 17.4 Å². The number of amides is 1. The first-order valence-corrected chi connectivity index (χ1v) is 8.54. The lowest BCUT2D eigenvalue weighted by Crippen LogP contribution is -2.41. The number of carbonyl (C=O) groups is 1. The van der Waals surface area contributed by atoms with Crippen LogP contribution < -0.4 is 10.1 Å². The van der Waals surface area contributed by atoms with E-state index in [0.29, 0.717) is 6.54 Å². The van der Waals surface area contributed by atoms with Gasteiger partial charge in [0.25, 0.3) is 0 Å². The molecule has 22 heavy (non-hydrogen) atoms. The number of hydrogen-bond acceptors (Lipinski definition) is 4. The van der Waals surface area contributed by atoms with Crippen molar-refractivity contribution in [3.63, 3.8) is 0 Å². The van der Waals surface area contributed by atoms with Gasteiger partial charge in [0.2, 0.25) is 5.91 Å². The van der Waals surface area contributed by atoms with Crippen LogP contribution in [0.5, 0.6) is 5.75 Å². The number of rotatable bonds is 5. The van der Waals surface area contributed by atoms with Crippen LogP contribution in [0, 0.1) is 5.92 Å². The van der Waals surface area contributed by atoms with E-state index >= 15 is 0 Å². The smallest absolute Gasteiger partial charge is 0.227 e. The highest BCUT2D eigenvalue weighted by Gasteiger charge is 2.23. The van der Waals surface area contributed by atoms with Crippen molar-refractivity contribution < 1.29 is 9.53 Å². The second-order valence-electron chi connectivity index (χ2n) is 5.43. The van der Waals surface area contributed by atoms with E-state index in [1.54, 1.807) is 18.9 Å². The van der Waals surface area contributed by atoms with Crippen LogP contribution in [0.4, 0.5) is 0 Å². The third-order valence-electron chi connectivity index (χ3n) is 3.89. The Balaban J connectivity index is 0.00000242. The Morgan fingerprint density at radius 3 is 2.86 bits per heavy atom. The molecular weight excluding hydrogens is 320 g/mol. The number of thioether (sulfide) groups is 1. The van der Waals surface area contributed by atoms with Crippen molar-refractivity contribution in [1.29, 1.82) is 0 Å². The van der Waals surface area contributed by atoms with Crippen molar-refractivity contribution in [2.45, 2.75) is 24.3 Å². The summed E-state index contributed by atoms with van der Waals surface area (Å²) in [4.78, 5) is 15.4. The molecule has 0 aromatic heterocycles. The van der Waals surface area contributed by atoms with Crippen molar-refractivity contribution >= 4 is 30.1 Å². The molecule has 1 amide bonds. The molecule has 4 nitrogen and oxygen atoms in total. The second-order valence-corrected chi connectivity index (χ2v) is 6.27. The number of hydrogen-bond donors (Lipinski definition) is 1. The Morgan fingerprint density at radius 2 is 2.27 bits per heavy atom. The van der Waals surface area contributed by atoms with Crippen LogP contribution in [0.15, 0.2) is 23.1 Å². The maximum absolute atomic E-state index is 12.4. The topological polar surface area (TPSA) is 41.6 Å². The van der Waals surface area contributed by atoms with Crippen molar-refractivity contribution in [3.05, 3.63) is 23.8 Å². The third-order valence-corrected chi connectivity index (χ3v) is 4.67. The van der Waals surface area contributed by atoms with Crippen LogP contribution in [-0.4, -0.2) is 44.3 Å². The lowest BCUT2D eigenvalue weighted by molar-refractivity contribution is -0.135. The van der Waals surface area contributed by atoms with Crippen molar-refractivity contribution in [3.8, 4) is 5.75 Å². The Labute approximate surface area is 143 Å². The van der Waals surface area contributed by atoms with Gasteiger partial charge in [0.05, 0.1) is 13.0 Å². The molecule has 1 aromatic rings. The molecule has 6 heteroatoms. The summed E-state index contributed by atoms with van der Waals surface area (Å²) in [6.45, 7) is 2.46. The number of nitrogens with one attached hydrogen (secondary N) is 1. The number of benzene rings is 1. The number of nitrogens with zero attached hydrogens (tertiary/aromatic N) is 1. The first-order valence-electron chi connectivity index (χ1n) is 7.32. The Bertz CT molecular complexity index is 493. The zero-order chi connectivity index (χ0) is 15.2. The highest BCUT2D eigenvalue weighted by atomic mass is 35.5. The van der Waals surface area contributed by atoms with Gasteiger partial charge in [-0.05, 0) is 43.3 Å². The van der Waals surface area contributed by atoms with Gasteiger partial charge in [-0.15, -0.1) is 24.2 Å². The molecule has 1 N–H and O–H groups in total. The summed E-state index contributed by atoms with van der Waals surface area (Å²) in [5.41, 5.74) is 1.10. The average Bonchev–Trinajstić information content (AvgIpc) is 2.54. The molecule has 1 heterocycles. The van der Waals surface area contributed by atoms with Gasteiger partial charge in [-0.3, -0.25) is 4.79 Å². The Kier molecular flexibility index (Phi) is 8.07. The first-order chi connectivity index (χ1) is 10.2. The molecular formula is C16H25ClN2O2S. The average molecular weight is 345 g/mol. The molecule has 0 aliphatic carbocycles. The zero-order valence-corrected chi connectivity index (χ0v) is 15.1. The monoisotopic (exact) mass is 344 g/mol. The van der Waals surface area contributed by atoms with Gasteiger partial charge in [0.1, 0.15) is 5.75 Å². The van der Waals surface area contributed by atoms with Crippen LogP contribution >= 0.6 is 24.2 Å². The molecule has 0 saturated carbocycles. The second kappa shape index (κ2) is 9.28. The Hall–Kier alpha value is -0.910. The number of methoxy groups -OCH3 is 1. The zero-order valence-electron chi connectivity index (χ0n) is 13.4. The molecule has 0 radical (unpaired) electrons. The maximum Gasteiger partial charge on any atom is 0.227 e. The summed E-state index contributed by atoms with van der Waals surface area (Å²) >= 11 is 1.66. The fourth-order valence-electron chi connectivity index (χ4n) is 2.71. The number of piperidine rings is 1. The van der Waals surface area contributed by atoms with Gasteiger partial charge in [-0.2, -0.15) is 0 Å². The minimum absolute atomic E-state index is 0. The predicted molar refractivity (Wildman–Crippen MR) is 94.1 cm³/mol. The standard InChI is InChI=1S/C16H24N2O2S.ClH/c1-18(16(19)13-5-4-8-17-10-13)11-12-6-7-15(21-3)14(9-12)20-2;/h6-7,9,13,17H,4-5,8,10-11H2,1-3H3;1H. The van der Waals surface area contributed by atoms with Crippen LogP contribution in [0.1, 0.15) is 18.4 Å². The molecule has 1 aromatic carbocycles. The minimum Gasteiger partial charge on any atom is -0.496 e. The SMILES string of the molecule is COc1cc(CN(C)C(=O)C2CCCNC2)ccc1SC.Cl. The van der Waals surface area contributed by atoms with E-state index < -0.39 is 0 Å². The van der Waals surface area contributed by atoms with Gasteiger partial charge >= 0.3 is 0 Å². The van der Waals surface area contributed by atoms with E-state index in [1.165, 1.54) is 0 Å². The van der Waals surface area contributed by atoms with Crippen molar-refractivity contribution in [2.24, 2.45) is 5.92 Å². The molecule has 1 unspecified atom stereocenters.